The van der Waals surface area contributed by atoms with Crippen molar-refractivity contribution in [1.29, 1.82) is 0 Å². The maximum Gasteiger partial charge on any atom is 0.350 e. The molecule has 3 N–H and O–H groups in total. The van der Waals surface area contributed by atoms with Crippen LogP contribution in [0.25, 0.3) is 0 Å². The van der Waals surface area contributed by atoms with Gasteiger partial charge < -0.3 is 20.7 Å². The predicted molar refractivity (Wildman–Crippen MR) is 101 cm³/mol. The summed E-state index contributed by atoms with van der Waals surface area (Å²) in [5.41, 5.74) is 0.553. The number of hydrogen-bond acceptors (Lipinski definition) is 7. The molecule has 0 aliphatic carbocycles. The third kappa shape index (κ3) is 4.29. The van der Waals surface area contributed by atoms with Gasteiger partial charge in [-0.05, 0) is 19.8 Å². The van der Waals surface area contributed by atoms with Crippen LogP contribution in [0.15, 0.2) is 0 Å². The number of thioether (sulfide) groups is 1. The number of amides is 3. The lowest BCUT2D eigenvalue weighted by molar-refractivity contribution is -0.116. The first kappa shape index (κ1) is 19.0. The number of rotatable bonds is 7. The summed E-state index contributed by atoms with van der Waals surface area (Å²) >= 11 is 3.00. The Hall–Kier alpha value is -1.81. The second kappa shape index (κ2) is 8.26. The van der Waals surface area contributed by atoms with Gasteiger partial charge in [0.1, 0.15) is 4.88 Å². The lowest BCUT2D eigenvalue weighted by atomic mass is 10.0. The van der Waals surface area contributed by atoms with E-state index in [1.54, 1.807) is 6.92 Å². The number of carbonyl (C=O) groups excluding carboxylic acids is 3. The molecule has 0 saturated carbocycles. The highest BCUT2D eigenvalue weighted by Gasteiger charge is 2.42. The first-order valence-electron chi connectivity index (χ1n) is 8.52. The number of hydrogen-bond donors (Lipinski definition) is 3. The van der Waals surface area contributed by atoms with Gasteiger partial charge in [0.25, 0.3) is 0 Å². The van der Waals surface area contributed by atoms with Crippen molar-refractivity contribution in [1.82, 2.24) is 15.6 Å². The molecule has 0 radical (unpaired) electrons. The Kier molecular flexibility index (Phi) is 6.02. The first-order chi connectivity index (χ1) is 12.5. The SMILES string of the molecule is COC(=O)c1sc(NC(=O)CCCC[C@H]2SC[C@@H]3NC(=O)N[C@H]32)nc1C. The summed E-state index contributed by atoms with van der Waals surface area (Å²) in [6.45, 7) is 1.71. The van der Waals surface area contributed by atoms with Gasteiger partial charge in [-0.1, -0.05) is 17.8 Å². The van der Waals surface area contributed by atoms with Crippen LogP contribution in [-0.4, -0.2) is 53.1 Å². The summed E-state index contributed by atoms with van der Waals surface area (Å²) in [4.78, 5) is 39.6. The number of esters is 1. The van der Waals surface area contributed by atoms with Crippen LogP contribution in [0, 0.1) is 6.92 Å². The van der Waals surface area contributed by atoms with E-state index in [9.17, 15) is 14.4 Å². The fourth-order valence-electron chi connectivity index (χ4n) is 3.19. The predicted octanol–water partition coefficient (Wildman–Crippen LogP) is 1.90. The third-order valence-corrected chi connectivity index (χ3v) is 7.06. The summed E-state index contributed by atoms with van der Waals surface area (Å²) in [7, 11) is 1.32. The molecule has 0 bridgehead atoms. The van der Waals surface area contributed by atoms with E-state index in [2.05, 4.69) is 25.7 Å². The molecule has 2 saturated heterocycles. The first-order valence-corrected chi connectivity index (χ1v) is 10.4. The van der Waals surface area contributed by atoms with Gasteiger partial charge in [0.05, 0.1) is 24.9 Å². The number of anilines is 1. The highest BCUT2D eigenvalue weighted by molar-refractivity contribution is 8.00. The molecule has 0 spiro atoms. The largest absolute Gasteiger partial charge is 0.465 e. The molecular weight excluding hydrogens is 376 g/mol. The Morgan fingerprint density at radius 2 is 2.15 bits per heavy atom. The summed E-state index contributed by atoms with van der Waals surface area (Å²) in [5.74, 6) is 0.393. The smallest absolute Gasteiger partial charge is 0.350 e. The zero-order valence-corrected chi connectivity index (χ0v) is 16.3. The van der Waals surface area contributed by atoms with E-state index in [0.29, 0.717) is 27.4 Å². The number of ether oxygens (including phenoxy) is 1. The fraction of sp³-hybridized carbons (Fsp3) is 0.625. The van der Waals surface area contributed by atoms with Crippen LogP contribution in [0.4, 0.5) is 9.93 Å². The van der Waals surface area contributed by atoms with Crippen molar-refractivity contribution >= 4 is 46.1 Å². The molecule has 3 rings (SSSR count). The topological polar surface area (TPSA) is 109 Å². The molecule has 1 aromatic rings. The molecule has 1 aromatic heterocycles. The van der Waals surface area contributed by atoms with Crippen molar-refractivity contribution in [3.05, 3.63) is 10.6 Å². The highest BCUT2D eigenvalue weighted by atomic mass is 32.2. The summed E-state index contributed by atoms with van der Waals surface area (Å²) < 4.78 is 4.69. The highest BCUT2D eigenvalue weighted by Crippen LogP contribution is 2.33. The van der Waals surface area contributed by atoms with Crippen LogP contribution in [-0.2, 0) is 9.53 Å². The number of carbonyl (C=O) groups is 3. The summed E-state index contributed by atoms with van der Waals surface area (Å²) in [6, 6.07) is 0.365. The van der Waals surface area contributed by atoms with E-state index < -0.39 is 5.97 Å². The molecule has 2 fully saturated rings. The van der Waals surface area contributed by atoms with Crippen molar-refractivity contribution in [3.63, 3.8) is 0 Å². The van der Waals surface area contributed by atoms with Gasteiger partial charge in [-0.3, -0.25) is 4.79 Å². The average molecular weight is 399 g/mol. The summed E-state index contributed by atoms with van der Waals surface area (Å²) in [5, 5.41) is 9.47. The number of urea groups is 1. The van der Waals surface area contributed by atoms with Crippen molar-refractivity contribution in [2.75, 3.05) is 18.2 Å². The van der Waals surface area contributed by atoms with Gasteiger partial charge in [0, 0.05) is 17.4 Å². The lowest BCUT2D eigenvalue weighted by Crippen LogP contribution is -2.36. The van der Waals surface area contributed by atoms with Crippen molar-refractivity contribution < 1.29 is 19.1 Å². The standard InChI is InChI=1S/C16H22N4O4S2/c1-8-13(14(22)24-2)26-16(17-8)19-11(21)6-4-3-5-10-12-9(7-25-10)18-15(23)20-12/h9-10,12H,3-7H2,1-2H3,(H,17,19,21)(H2,18,20,23)/t9-,10+,12+/m0/s1. The Morgan fingerprint density at radius 1 is 1.35 bits per heavy atom. The van der Waals surface area contributed by atoms with Crippen LogP contribution in [0.1, 0.15) is 41.0 Å². The molecule has 3 atom stereocenters. The number of nitrogens with one attached hydrogen (secondary N) is 3. The van der Waals surface area contributed by atoms with Crippen molar-refractivity contribution in [3.8, 4) is 0 Å². The van der Waals surface area contributed by atoms with Gasteiger partial charge in [-0.2, -0.15) is 11.8 Å². The number of aromatic nitrogens is 1. The maximum absolute atomic E-state index is 12.1. The molecule has 0 unspecified atom stereocenters. The number of unbranched alkanes of at least 4 members (excludes halogenated alkanes) is 1. The van der Waals surface area contributed by atoms with Gasteiger partial charge in [0.2, 0.25) is 5.91 Å². The Morgan fingerprint density at radius 3 is 2.92 bits per heavy atom. The number of aryl methyl sites for hydroxylation is 1. The zero-order valence-electron chi connectivity index (χ0n) is 14.7. The second-order valence-corrected chi connectivity index (χ2v) is 8.61. The van der Waals surface area contributed by atoms with Crippen LogP contribution < -0.4 is 16.0 Å². The average Bonchev–Trinajstić information content (AvgIpc) is 3.25. The fourth-order valence-corrected chi connectivity index (χ4v) is 5.63. The minimum Gasteiger partial charge on any atom is -0.465 e. The van der Waals surface area contributed by atoms with Crippen molar-refractivity contribution in [2.45, 2.75) is 49.9 Å². The molecule has 8 nitrogen and oxygen atoms in total. The quantitative estimate of drug-likeness (QED) is 0.368. The molecule has 3 heterocycles. The number of nitrogens with zero attached hydrogens (tertiary/aromatic N) is 1. The van der Waals surface area contributed by atoms with E-state index in [-0.39, 0.29) is 24.0 Å². The van der Waals surface area contributed by atoms with Gasteiger partial charge in [-0.25, -0.2) is 14.6 Å². The number of thiazole rings is 1. The van der Waals surface area contributed by atoms with Crippen LogP contribution in [0.5, 0.6) is 0 Å². The minimum absolute atomic E-state index is 0.0743. The van der Waals surface area contributed by atoms with Gasteiger partial charge >= 0.3 is 12.0 Å². The third-order valence-electron chi connectivity index (χ3n) is 4.49. The number of methoxy groups -OCH3 is 1. The molecule has 0 aromatic carbocycles. The Balaban J connectivity index is 1.38. The minimum atomic E-state index is -0.443. The molecule has 3 amide bonds. The molecule has 2 aliphatic rings. The molecule has 142 valence electrons. The Bertz CT molecular complexity index is 708. The molecule has 10 heteroatoms. The maximum atomic E-state index is 12.1. The van der Waals surface area contributed by atoms with E-state index in [1.165, 1.54) is 7.11 Å². The zero-order chi connectivity index (χ0) is 18.7. The van der Waals surface area contributed by atoms with Gasteiger partial charge in [0.15, 0.2) is 5.13 Å². The number of fused-ring (bicyclic) bond motifs is 1. The van der Waals surface area contributed by atoms with Crippen LogP contribution in [0.3, 0.4) is 0 Å². The Labute approximate surface area is 159 Å². The van der Waals surface area contributed by atoms with Crippen molar-refractivity contribution in [2.24, 2.45) is 0 Å². The van der Waals surface area contributed by atoms with E-state index >= 15 is 0 Å². The van der Waals surface area contributed by atoms with E-state index in [4.69, 9.17) is 0 Å². The monoisotopic (exact) mass is 398 g/mol. The lowest BCUT2D eigenvalue weighted by Gasteiger charge is -2.16. The van der Waals surface area contributed by atoms with E-state index in [0.717, 1.165) is 36.4 Å². The van der Waals surface area contributed by atoms with Gasteiger partial charge in [-0.15, -0.1) is 0 Å². The molecule has 26 heavy (non-hydrogen) atoms. The van der Waals surface area contributed by atoms with Crippen LogP contribution in [0.2, 0.25) is 0 Å². The van der Waals surface area contributed by atoms with E-state index in [1.807, 2.05) is 11.8 Å². The van der Waals surface area contributed by atoms with Crippen LogP contribution >= 0.6 is 23.1 Å². The second-order valence-electron chi connectivity index (χ2n) is 6.34. The molecule has 2 aliphatic heterocycles. The molecular formula is C16H22N4O4S2. The summed E-state index contributed by atoms with van der Waals surface area (Å²) in [6.07, 6.45) is 3.08. The normalized spacial score (nSPS) is 23.9.